The highest BCUT2D eigenvalue weighted by Gasteiger charge is 2.20. The van der Waals surface area contributed by atoms with Gasteiger partial charge < -0.3 is 0 Å². The summed E-state index contributed by atoms with van der Waals surface area (Å²) in [5.74, 6) is 0. The molecule has 0 fully saturated rings. The molecule has 0 saturated heterocycles. The van der Waals surface area contributed by atoms with E-state index in [4.69, 9.17) is 11.6 Å². The van der Waals surface area contributed by atoms with Crippen LogP contribution in [0.1, 0.15) is 11.1 Å². The fourth-order valence-corrected chi connectivity index (χ4v) is 4.83. The summed E-state index contributed by atoms with van der Waals surface area (Å²) in [7, 11) is -3.70. The van der Waals surface area contributed by atoms with Gasteiger partial charge in [-0.25, -0.2) is 8.42 Å². The molecule has 1 heterocycles. The molecule has 3 aromatic rings. The minimum atomic E-state index is -3.70. The number of anilines is 1. The molecule has 0 aliphatic rings. The van der Waals surface area contributed by atoms with Crippen LogP contribution in [-0.4, -0.2) is 8.42 Å². The Balaban J connectivity index is 1.96. The molecule has 0 amide bonds. The van der Waals surface area contributed by atoms with Gasteiger partial charge in [-0.15, -0.1) is 0 Å². The van der Waals surface area contributed by atoms with E-state index in [-0.39, 0.29) is 6.54 Å². The number of halogens is 2. The lowest BCUT2D eigenvalue weighted by Crippen LogP contribution is -2.28. The lowest BCUT2D eigenvalue weighted by molar-refractivity contribution is 0.599. The molecule has 0 spiro atoms. The van der Waals surface area contributed by atoms with E-state index >= 15 is 0 Å². The van der Waals surface area contributed by atoms with Gasteiger partial charge in [0.05, 0.1) is 17.6 Å². The number of nitrogens with zero attached hydrogens (tertiary/aromatic N) is 1. The first kappa shape index (κ1) is 19.2. The Bertz CT molecular complexity index is 1020. The van der Waals surface area contributed by atoms with E-state index in [2.05, 4.69) is 15.9 Å². The summed E-state index contributed by atoms with van der Waals surface area (Å²) in [5.41, 5.74) is 2.25. The largest absolute Gasteiger partial charge is 0.262 e. The highest BCUT2D eigenvalue weighted by Crippen LogP contribution is 2.26. The van der Waals surface area contributed by atoms with Crippen molar-refractivity contribution in [3.05, 3.63) is 91.4 Å². The Morgan fingerprint density at radius 3 is 2.62 bits per heavy atom. The van der Waals surface area contributed by atoms with Crippen LogP contribution in [0.25, 0.3) is 6.08 Å². The molecule has 0 N–H and O–H groups in total. The Hall–Kier alpha value is -1.60. The van der Waals surface area contributed by atoms with Gasteiger partial charge >= 0.3 is 0 Å². The normalized spacial score (nSPS) is 11.8. The van der Waals surface area contributed by atoms with Crippen LogP contribution in [-0.2, 0) is 16.6 Å². The van der Waals surface area contributed by atoms with E-state index in [9.17, 15) is 8.42 Å². The van der Waals surface area contributed by atoms with E-state index in [0.717, 1.165) is 15.6 Å². The van der Waals surface area contributed by atoms with Crippen molar-refractivity contribution in [3.63, 3.8) is 0 Å². The van der Waals surface area contributed by atoms with Crippen molar-refractivity contribution in [3.8, 4) is 0 Å². The van der Waals surface area contributed by atoms with Crippen LogP contribution in [0.5, 0.6) is 0 Å². The predicted molar refractivity (Wildman–Crippen MR) is 114 cm³/mol. The van der Waals surface area contributed by atoms with Crippen molar-refractivity contribution in [2.45, 2.75) is 6.54 Å². The SMILES string of the molecule is O=S(=O)(/C=C/c1cccc(Br)c1)N(Cc1ccsc1)c1cccc(Cl)c1. The summed E-state index contributed by atoms with van der Waals surface area (Å²) in [5, 5.41) is 5.58. The van der Waals surface area contributed by atoms with Crippen LogP contribution in [0, 0.1) is 0 Å². The predicted octanol–water partition coefficient (Wildman–Crippen LogP) is 6.17. The van der Waals surface area contributed by atoms with Crippen LogP contribution >= 0.6 is 38.9 Å². The van der Waals surface area contributed by atoms with Crippen LogP contribution in [0.15, 0.2) is 75.2 Å². The van der Waals surface area contributed by atoms with Crippen LogP contribution in [0.4, 0.5) is 5.69 Å². The summed E-state index contributed by atoms with van der Waals surface area (Å²) in [4.78, 5) is 0. The van der Waals surface area contributed by atoms with Crippen molar-refractivity contribution in [2.75, 3.05) is 4.31 Å². The molecule has 2 aromatic carbocycles. The molecule has 0 aliphatic carbocycles. The molecule has 134 valence electrons. The van der Waals surface area contributed by atoms with Crippen LogP contribution in [0.2, 0.25) is 5.02 Å². The third-order valence-electron chi connectivity index (χ3n) is 3.59. The first-order valence-corrected chi connectivity index (χ1v) is 11.3. The van der Waals surface area contributed by atoms with Crippen molar-refractivity contribution in [2.24, 2.45) is 0 Å². The highest BCUT2D eigenvalue weighted by atomic mass is 79.9. The quantitative estimate of drug-likeness (QED) is 0.434. The smallest absolute Gasteiger partial charge is 0.257 e. The first-order valence-electron chi connectivity index (χ1n) is 7.67. The Kier molecular flexibility index (Phi) is 6.19. The standard InChI is InChI=1S/C19H15BrClNO2S2/c20-17-4-1-3-15(11-17)8-10-26(23,24)22(13-16-7-9-25-14-16)19-6-2-5-18(21)12-19/h1-12,14H,13H2/b10-8+. The van der Waals surface area contributed by atoms with E-state index < -0.39 is 10.0 Å². The lowest BCUT2D eigenvalue weighted by atomic mass is 10.2. The average molecular weight is 469 g/mol. The first-order chi connectivity index (χ1) is 12.4. The van der Waals surface area contributed by atoms with Crippen LogP contribution < -0.4 is 4.31 Å². The summed E-state index contributed by atoms with van der Waals surface area (Å²) < 4.78 is 28.3. The number of hydrogen-bond donors (Lipinski definition) is 0. The third-order valence-corrected chi connectivity index (χ3v) is 6.49. The van der Waals surface area contributed by atoms with Gasteiger partial charge in [0.1, 0.15) is 0 Å². The van der Waals surface area contributed by atoms with Gasteiger partial charge in [-0.2, -0.15) is 11.3 Å². The molecule has 3 rings (SSSR count). The third kappa shape index (κ3) is 4.98. The molecule has 26 heavy (non-hydrogen) atoms. The monoisotopic (exact) mass is 467 g/mol. The number of rotatable bonds is 6. The Morgan fingerprint density at radius 2 is 1.92 bits per heavy atom. The molecule has 0 aliphatic heterocycles. The van der Waals surface area contributed by atoms with E-state index in [1.807, 2.05) is 41.1 Å². The van der Waals surface area contributed by atoms with E-state index in [0.29, 0.717) is 10.7 Å². The van der Waals surface area contributed by atoms with Crippen molar-refractivity contribution < 1.29 is 8.42 Å². The number of benzene rings is 2. The molecule has 3 nitrogen and oxygen atoms in total. The molecule has 7 heteroatoms. The topological polar surface area (TPSA) is 37.4 Å². The van der Waals surface area contributed by atoms with E-state index in [1.165, 1.54) is 21.1 Å². The van der Waals surface area contributed by atoms with Gasteiger partial charge in [-0.1, -0.05) is 45.7 Å². The molecule has 0 radical (unpaired) electrons. The highest BCUT2D eigenvalue weighted by molar-refractivity contribution is 9.10. The second kappa shape index (κ2) is 8.39. The molecular weight excluding hydrogens is 454 g/mol. The number of hydrogen-bond acceptors (Lipinski definition) is 3. The molecule has 0 bridgehead atoms. The number of sulfonamides is 1. The van der Waals surface area contributed by atoms with Gasteiger partial charge in [0.25, 0.3) is 10.0 Å². The Morgan fingerprint density at radius 1 is 1.12 bits per heavy atom. The lowest BCUT2D eigenvalue weighted by Gasteiger charge is -2.22. The summed E-state index contributed by atoms with van der Waals surface area (Å²) in [6, 6.07) is 16.2. The zero-order valence-electron chi connectivity index (χ0n) is 13.5. The van der Waals surface area contributed by atoms with Crippen molar-refractivity contribution in [1.29, 1.82) is 0 Å². The van der Waals surface area contributed by atoms with E-state index in [1.54, 1.807) is 30.3 Å². The maximum Gasteiger partial charge on any atom is 0.257 e. The molecular formula is C19H15BrClNO2S2. The van der Waals surface area contributed by atoms with Gasteiger partial charge in [0, 0.05) is 9.50 Å². The fraction of sp³-hybridized carbons (Fsp3) is 0.0526. The zero-order chi connectivity index (χ0) is 18.6. The second-order valence-corrected chi connectivity index (χ2v) is 9.40. The summed E-state index contributed by atoms with van der Waals surface area (Å²) in [6.45, 7) is 0.245. The maximum absolute atomic E-state index is 13.0. The maximum atomic E-state index is 13.0. The number of thiophene rings is 1. The summed E-state index contributed by atoms with van der Waals surface area (Å²) >= 11 is 11.0. The zero-order valence-corrected chi connectivity index (χ0v) is 17.5. The summed E-state index contributed by atoms with van der Waals surface area (Å²) in [6.07, 6.45) is 1.59. The minimum Gasteiger partial charge on any atom is -0.262 e. The van der Waals surface area contributed by atoms with Gasteiger partial charge in [0.15, 0.2) is 0 Å². The van der Waals surface area contributed by atoms with Crippen LogP contribution in [0.3, 0.4) is 0 Å². The Labute approximate surface area is 170 Å². The van der Waals surface area contributed by atoms with Gasteiger partial charge in [-0.05, 0) is 64.4 Å². The molecule has 0 atom stereocenters. The molecule has 0 unspecified atom stereocenters. The van der Waals surface area contributed by atoms with Crippen molar-refractivity contribution in [1.82, 2.24) is 0 Å². The average Bonchev–Trinajstić information content (AvgIpc) is 3.11. The molecule has 0 saturated carbocycles. The van der Waals surface area contributed by atoms with Gasteiger partial charge in [-0.3, -0.25) is 4.31 Å². The fourth-order valence-electron chi connectivity index (χ4n) is 2.36. The van der Waals surface area contributed by atoms with Crippen molar-refractivity contribution >= 4 is 60.7 Å². The van der Waals surface area contributed by atoms with Gasteiger partial charge in [0.2, 0.25) is 0 Å². The minimum absolute atomic E-state index is 0.245. The second-order valence-electron chi connectivity index (χ2n) is 5.52. The molecule has 1 aromatic heterocycles.